The molecule has 0 spiro atoms. The third kappa shape index (κ3) is 6.86. The van der Waals surface area contributed by atoms with Crippen LogP contribution < -0.4 is 5.32 Å². The fourth-order valence-electron chi connectivity index (χ4n) is 1.79. The van der Waals surface area contributed by atoms with Gasteiger partial charge in [-0.05, 0) is 24.5 Å². The van der Waals surface area contributed by atoms with Crippen LogP contribution in [0.1, 0.15) is 41.0 Å². The molecule has 4 nitrogen and oxygen atoms in total. The van der Waals surface area contributed by atoms with Gasteiger partial charge in [0.1, 0.15) is 11.1 Å². The molecule has 1 aromatic rings. The Labute approximate surface area is 157 Å². The van der Waals surface area contributed by atoms with E-state index in [4.69, 9.17) is 16.3 Å². The molecule has 7 heteroatoms. The molecular formula is C18H25ClFNO3S. The monoisotopic (exact) mass is 389 g/mol. The van der Waals surface area contributed by atoms with E-state index in [1.165, 1.54) is 17.8 Å². The molecule has 1 rings (SSSR count). The Hall–Kier alpha value is -1.27. The zero-order valence-electron chi connectivity index (χ0n) is 15.2. The average molecular weight is 390 g/mol. The fraction of sp³-hybridized carbons (Fsp3) is 0.556. The van der Waals surface area contributed by atoms with Gasteiger partial charge in [0.2, 0.25) is 5.91 Å². The second kappa shape index (κ2) is 10.0. The van der Waals surface area contributed by atoms with Crippen molar-refractivity contribution in [1.29, 1.82) is 0 Å². The summed E-state index contributed by atoms with van der Waals surface area (Å²) < 4.78 is 19.3. The number of hydrogen-bond donors (Lipinski definition) is 1. The van der Waals surface area contributed by atoms with Crippen LogP contribution in [0, 0.1) is 17.7 Å². The second-order valence-electron chi connectivity index (χ2n) is 6.45. The highest BCUT2D eigenvalue weighted by Gasteiger charge is 2.22. The van der Waals surface area contributed by atoms with Gasteiger partial charge in [-0.25, -0.2) is 4.39 Å². The van der Waals surface area contributed by atoms with Crippen molar-refractivity contribution in [3.63, 3.8) is 0 Å². The maximum Gasteiger partial charge on any atom is 0.319 e. The van der Waals surface area contributed by atoms with Crippen LogP contribution in [0.3, 0.4) is 0 Å². The minimum atomic E-state index is -0.612. The molecule has 0 aromatic heterocycles. The van der Waals surface area contributed by atoms with Crippen molar-refractivity contribution >= 4 is 40.9 Å². The number of halogens is 2. The second-order valence-corrected chi connectivity index (χ2v) is 8.10. The Morgan fingerprint density at radius 2 is 1.92 bits per heavy atom. The molecule has 0 saturated carbocycles. The molecule has 1 atom stereocenters. The van der Waals surface area contributed by atoms with Gasteiger partial charge in [-0.15, -0.1) is 11.8 Å². The van der Waals surface area contributed by atoms with Crippen molar-refractivity contribution in [2.45, 2.75) is 51.2 Å². The standard InChI is InChI=1S/C18H25ClFNO3S/c1-6-15(18(23)24-9-10(2)3)25-16-8-14(13(20)7-12(16)19)21-17(22)11(4)5/h7-8,10-11,15H,6,9H2,1-5H3,(H,21,22). The molecule has 0 aliphatic heterocycles. The first kappa shape index (κ1) is 21.8. The predicted octanol–water partition coefficient (Wildman–Crippen LogP) is 5.14. The zero-order chi connectivity index (χ0) is 19.1. The lowest BCUT2D eigenvalue weighted by Crippen LogP contribution is -2.21. The van der Waals surface area contributed by atoms with Gasteiger partial charge in [-0.3, -0.25) is 9.59 Å². The maximum atomic E-state index is 14.0. The average Bonchev–Trinajstić information content (AvgIpc) is 2.53. The van der Waals surface area contributed by atoms with Gasteiger partial charge in [0.05, 0.1) is 17.3 Å². The molecular weight excluding hydrogens is 365 g/mol. The van der Waals surface area contributed by atoms with Crippen molar-refractivity contribution in [2.24, 2.45) is 11.8 Å². The first-order valence-corrected chi connectivity index (χ1v) is 9.54. The lowest BCUT2D eigenvalue weighted by Gasteiger charge is -2.17. The van der Waals surface area contributed by atoms with E-state index in [9.17, 15) is 14.0 Å². The van der Waals surface area contributed by atoms with Gasteiger partial charge < -0.3 is 10.1 Å². The van der Waals surface area contributed by atoms with Crippen molar-refractivity contribution < 1.29 is 18.7 Å². The van der Waals surface area contributed by atoms with Gasteiger partial charge >= 0.3 is 5.97 Å². The van der Waals surface area contributed by atoms with Crippen LogP contribution in [0.2, 0.25) is 5.02 Å². The van der Waals surface area contributed by atoms with Gasteiger partial charge in [-0.2, -0.15) is 0 Å². The highest BCUT2D eigenvalue weighted by Crippen LogP contribution is 2.36. The topological polar surface area (TPSA) is 55.4 Å². The molecule has 0 bridgehead atoms. The quantitative estimate of drug-likeness (QED) is 0.493. The van der Waals surface area contributed by atoms with Crippen LogP contribution >= 0.6 is 23.4 Å². The number of hydrogen-bond acceptors (Lipinski definition) is 4. The van der Waals surface area contributed by atoms with Crippen LogP contribution in [0.5, 0.6) is 0 Å². The Morgan fingerprint density at radius 1 is 1.28 bits per heavy atom. The summed E-state index contributed by atoms with van der Waals surface area (Å²) in [6, 6.07) is 2.60. The molecule has 0 aliphatic carbocycles. The molecule has 1 amide bonds. The summed E-state index contributed by atoms with van der Waals surface area (Å²) in [6.45, 7) is 9.58. The van der Waals surface area contributed by atoms with Crippen LogP contribution in [0.15, 0.2) is 17.0 Å². The Morgan fingerprint density at radius 3 is 2.44 bits per heavy atom. The number of amides is 1. The lowest BCUT2D eigenvalue weighted by atomic mass is 10.2. The van der Waals surface area contributed by atoms with E-state index in [1.54, 1.807) is 13.8 Å². The normalized spacial score (nSPS) is 12.4. The van der Waals surface area contributed by atoms with Crippen molar-refractivity contribution in [3.05, 3.63) is 23.0 Å². The van der Waals surface area contributed by atoms with E-state index in [2.05, 4.69) is 5.32 Å². The Kier molecular flexibility index (Phi) is 8.73. The van der Waals surface area contributed by atoms with Crippen molar-refractivity contribution in [3.8, 4) is 0 Å². The minimum Gasteiger partial charge on any atom is -0.465 e. The summed E-state index contributed by atoms with van der Waals surface area (Å²) in [4.78, 5) is 24.5. The van der Waals surface area contributed by atoms with Crippen LogP contribution in [0.4, 0.5) is 10.1 Å². The van der Waals surface area contributed by atoms with Gasteiger partial charge in [0.25, 0.3) is 0 Å². The molecule has 0 radical (unpaired) electrons. The number of thioether (sulfide) groups is 1. The van der Waals surface area contributed by atoms with Crippen LogP contribution in [0.25, 0.3) is 0 Å². The first-order chi connectivity index (χ1) is 11.6. The van der Waals surface area contributed by atoms with E-state index < -0.39 is 11.1 Å². The number of carbonyl (C=O) groups is 2. The Balaban J connectivity index is 2.95. The van der Waals surface area contributed by atoms with Gasteiger partial charge in [0.15, 0.2) is 0 Å². The fourth-order valence-corrected chi connectivity index (χ4v) is 3.06. The summed E-state index contributed by atoms with van der Waals surface area (Å²) in [5.41, 5.74) is 0.0519. The molecule has 1 aromatic carbocycles. The van der Waals surface area contributed by atoms with Crippen LogP contribution in [-0.4, -0.2) is 23.7 Å². The molecule has 140 valence electrons. The molecule has 0 fully saturated rings. The van der Waals surface area contributed by atoms with E-state index in [1.807, 2.05) is 20.8 Å². The number of nitrogens with one attached hydrogen (secondary N) is 1. The predicted molar refractivity (Wildman–Crippen MR) is 101 cm³/mol. The zero-order valence-corrected chi connectivity index (χ0v) is 16.8. The summed E-state index contributed by atoms with van der Waals surface area (Å²) in [5, 5.41) is 2.28. The van der Waals surface area contributed by atoms with Gasteiger partial charge in [0, 0.05) is 10.8 Å². The number of benzene rings is 1. The molecule has 0 saturated heterocycles. The smallest absolute Gasteiger partial charge is 0.319 e. The summed E-state index contributed by atoms with van der Waals surface area (Å²) in [5.74, 6) is -1.26. The SMILES string of the molecule is CCC(Sc1cc(NC(=O)C(C)C)c(F)cc1Cl)C(=O)OCC(C)C. The minimum absolute atomic E-state index is 0.0519. The summed E-state index contributed by atoms with van der Waals surface area (Å²) >= 11 is 7.32. The highest BCUT2D eigenvalue weighted by molar-refractivity contribution is 8.00. The highest BCUT2D eigenvalue weighted by atomic mass is 35.5. The number of esters is 1. The number of carbonyl (C=O) groups excluding carboxylic acids is 2. The van der Waals surface area contributed by atoms with E-state index >= 15 is 0 Å². The van der Waals surface area contributed by atoms with Crippen molar-refractivity contribution in [2.75, 3.05) is 11.9 Å². The molecule has 1 unspecified atom stereocenters. The number of ether oxygens (including phenoxy) is 1. The van der Waals surface area contributed by atoms with Gasteiger partial charge in [-0.1, -0.05) is 46.2 Å². The summed E-state index contributed by atoms with van der Waals surface area (Å²) in [7, 11) is 0. The summed E-state index contributed by atoms with van der Waals surface area (Å²) in [6.07, 6.45) is 0.545. The first-order valence-electron chi connectivity index (χ1n) is 8.28. The third-order valence-electron chi connectivity index (χ3n) is 3.27. The number of rotatable bonds is 8. The lowest BCUT2D eigenvalue weighted by molar-refractivity contribution is -0.144. The van der Waals surface area contributed by atoms with E-state index in [0.717, 1.165) is 6.07 Å². The van der Waals surface area contributed by atoms with Crippen molar-refractivity contribution in [1.82, 2.24) is 0 Å². The molecule has 0 aliphatic rings. The molecule has 0 heterocycles. The van der Waals surface area contributed by atoms with Crippen LogP contribution in [-0.2, 0) is 14.3 Å². The third-order valence-corrected chi connectivity index (χ3v) is 5.09. The number of anilines is 1. The van der Waals surface area contributed by atoms with E-state index in [-0.39, 0.29) is 34.4 Å². The largest absolute Gasteiger partial charge is 0.465 e. The maximum absolute atomic E-state index is 14.0. The van der Waals surface area contributed by atoms with E-state index in [0.29, 0.717) is 17.9 Å². The Bertz CT molecular complexity index is 623. The molecule has 25 heavy (non-hydrogen) atoms. The molecule has 1 N–H and O–H groups in total.